The van der Waals surface area contributed by atoms with Crippen LogP contribution in [0.5, 0.6) is 0 Å². The van der Waals surface area contributed by atoms with Gasteiger partial charge in [-0.25, -0.2) is 4.79 Å². The van der Waals surface area contributed by atoms with Gasteiger partial charge in [0, 0.05) is 44.8 Å². The molecule has 1 rings (SSSR count). The number of hydrogen-bond acceptors (Lipinski definition) is 6. The first-order chi connectivity index (χ1) is 15.9. The molecule has 1 aromatic heterocycles. The number of allylic oxidation sites excluding steroid dienone is 1. The summed E-state index contributed by atoms with van der Waals surface area (Å²) in [5.74, 6) is -4.02. The molecule has 0 saturated carbocycles. The van der Waals surface area contributed by atoms with E-state index in [9.17, 15) is 32.7 Å². The maximum Gasteiger partial charge on any atom is 0.471 e. The summed E-state index contributed by atoms with van der Waals surface area (Å²) in [5, 5.41) is 14.3. The number of likely N-dealkylation sites (N-methyl/N-ethyl adjacent to an activating group) is 2. The predicted octanol–water partition coefficient (Wildman–Crippen LogP) is 1.62. The van der Waals surface area contributed by atoms with Gasteiger partial charge >= 0.3 is 18.1 Å². The average molecular weight is 488 g/mol. The molecular formula is C22H32F3N5O4. The number of rotatable bonds is 14. The van der Waals surface area contributed by atoms with Crippen molar-refractivity contribution in [3.05, 3.63) is 41.7 Å². The zero-order valence-electron chi connectivity index (χ0n) is 19.6. The molecule has 0 bridgehead atoms. The van der Waals surface area contributed by atoms with E-state index >= 15 is 0 Å². The molecule has 0 aromatic carbocycles. The molecule has 0 spiro atoms. The first-order valence-electron chi connectivity index (χ1n) is 10.7. The zero-order chi connectivity index (χ0) is 25.9. The van der Waals surface area contributed by atoms with Crippen LogP contribution in [-0.4, -0.2) is 90.7 Å². The van der Waals surface area contributed by atoms with Crippen molar-refractivity contribution in [2.45, 2.75) is 32.0 Å². The molecule has 1 aromatic rings. The van der Waals surface area contributed by atoms with Crippen molar-refractivity contribution in [1.29, 1.82) is 0 Å². The Morgan fingerprint density at radius 3 is 2.47 bits per heavy atom. The molecule has 3 N–H and O–H groups in total. The van der Waals surface area contributed by atoms with Gasteiger partial charge < -0.3 is 25.5 Å². The SMILES string of the molecule is C=CC(CCNC(=O)C(F)(F)F)c1cnc(CNCC(=O)N(CC)CCN(C)C)cc1C(=O)O. The van der Waals surface area contributed by atoms with Gasteiger partial charge in [-0.3, -0.25) is 14.6 Å². The molecule has 12 heteroatoms. The fourth-order valence-electron chi connectivity index (χ4n) is 3.12. The number of aromatic nitrogens is 1. The highest BCUT2D eigenvalue weighted by Crippen LogP contribution is 2.25. The van der Waals surface area contributed by atoms with Gasteiger partial charge in [0.15, 0.2) is 0 Å². The number of halogens is 3. The van der Waals surface area contributed by atoms with Crippen LogP contribution in [0.2, 0.25) is 0 Å². The lowest BCUT2D eigenvalue weighted by Crippen LogP contribution is -2.41. The summed E-state index contributed by atoms with van der Waals surface area (Å²) < 4.78 is 37.0. The average Bonchev–Trinajstić information content (AvgIpc) is 2.76. The number of aromatic carboxylic acids is 1. The van der Waals surface area contributed by atoms with E-state index in [2.05, 4.69) is 16.9 Å². The molecule has 1 atom stereocenters. The van der Waals surface area contributed by atoms with Gasteiger partial charge in [-0.05, 0) is 39.1 Å². The standard InChI is InChI=1S/C22H32F3N5O4/c1-5-15(7-8-27-21(34)22(23,24)25)18-13-28-16(11-17(18)20(32)33)12-26-14-19(31)30(6-2)10-9-29(3)4/h5,11,13,15,26H,1,6-10,12,14H2,2-4H3,(H,27,34)(H,32,33). The highest BCUT2D eigenvalue weighted by Gasteiger charge is 2.38. The minimum atomic E-state index is -4.99. The van der Waals surface area contributed by atoms with Crippen LogP contribution in [0.1, 0.15) is 40.9 Å². The van der Waals surface area contributed by atoms with E-state index in [4.69, 9.17) is 0 Å². The van der Waals surface area contributed by atoms with E-state index in [0.717, 1.165) is 6.54 Å². The van der Waals surface area contributed by atoms with Gasteiger partial charge in [0.1, 0.15) is 0 Å². The first-order valence-corrected chi connectivity index (χ1v) is 10.7. The van der Waals surface area contributed by atoms with Crippen molar-refractivity contribution < 1.29 is 32.7 Å². The summed E-state index contributed by atoms with van der Waals surface area (Å²) >= 11 is 0. The van der Waals surface area contributed by atoms with E-state index in [1.54, 1.807) is 10.2 Å². The minimum absolute atomic E-state index is 0.0131. The molecule has 9 nitrogen and oxygen atoms in total. The van der Waals surface area contributed by atoms with E-state index in [-0.39, 0.29) is 43.1 Å². The first kappa shape index (κ1) is 29.0. The van der Waals surface area contributed by atoms with Crippen molar-refractivity contribution in [1.82, 2.24) is 25.4 Å². The number of pyridine rings is 1. The number of alkyl halides is 3. The molecular weight excluding hydrogens is 455 g/mol. The summed E-state index contributed by atoms with van der Waals surface area (Å²) in [7, 11) is 3.84. The Morgan fingerprint density at radius 1 is 1.26 bits per heavy atom. The van der Waals surface area contributed by atoms with Crippen LogP contribution in [0.25, 0.3) is 0 Å². The van der Waals surface area contributed by atoms with Crippen molar-refractivity contribution in [2.75, 3.05) is 46.8 Å². The fourth-order valence-corrected chi connectivity index (χ4v) is 3.12. The second-order valence-corrected chi connectivity index (χ2v) is 7.83. The molecule has 34 heavy (non-hydrogen) atoms. The van der Waals surface area contributed by atoms with Crippen molar-refractivity contribution >= 4 is 17.8 Å². The fraction of sp³-hybridized carbons (Fsp3) is 0.545. The van der Waals surface area contributed by atoms with Gasteiger partial charge in [-0.15, -0.1) is 6.58 Å². The lowest BCUT2D eigenvalue weighted by molar-refractivity contribution is -0.173. The van der Waals surface area contributed by atoms with Crippen LogP contribution < -0.4 is 10.6 Å². The number of amides is 2. The topological polar surface area (TPSA) is 115 Å². The predicted molar refractivity (Wildman–Crippen MR) is 120 cm³/mol. The minimum Gasteiger partial charge on any atom is -0.478 e. The van der Waals surface area contributed by atoms with Gasteiger partial charge in [-0.2, -0.15) is 13.2 Å². The third kappa shape index (κ3) is 9.48. The van der Waals surface area contributed by atoms with E-state index < -0.39 is 24.0 Å². The monoisotopic (exact) mass is 487 g/mol. The molecule has 1 heterocycles. The smallest absolute Gasteiger partial charge is 0.471 e. The number of carbonyl (C=O) groups excluding carboxylic acids is 2. The van der Waals surface area contributed by atoms with Crippen molar-refractivity contribution in [2.24, 2.45) is 0 Å². The Hall–Kier alpha value is -2.99. The summed E-state index contributed by atoms with van der Waals surface area (Å²) in [5.41, 5.74) is 0.578. The third-order valence-corrected chi connectivity index (χ3v) is 5.04. The summed E-state index contributed by atoms with van der Waals surface area (Å²) in [6.45, 7) is 7.28. The van der Waals surface area contributed by atoms with Gasteiger partial charge in [0.05, 0.1) is 17.8 Å². The van der Waals surface area contributed by atoms with Crippen LogP contribution in [0.3, 0.4) is 0 Å². The summed E-state index contributed by atoms with van der Waals surface area (Å²) in [6.07, 6.45) is -2.25. The number of carbonyl (C=O) groups is 3. The maximum atomic E-state index is 12.4. The summed E-state index contributed by atoms with van der Waals surface area (Å²) in [6, 6.07) is 1.35. The Bertz CT molecular complexity index is 861. The highest BCUT2D eigenvalue weighted by molar-refractivity contribution is 5.89. The third-order valence-electron chi connectivity index (χ3n) is 5.04. The molecule has 0 aliphatic carbocycles. The number of hydrogen-bond donors (Lipinski definition) is 3. The molecule has 0 aliphatic rings. The zero-order valence-corrected chi connectivity index (χ0v) is 19.6. The molecule has 0 radical (unpaired) electrons. The number of carboxylic acids is 1. The van der Waals surface area contributed by atoms with Crippen LogP contribution in [0.15, 0.2) is 24.9 Å². The van der Waals surface area contributed by atoms with Crippen LogP contribution >= 0.6 is 0 Å². The largest absolute Gasteiger partial charge is 0.478 e. The normalized spacial score (nSPS) is 12.3. The van der Waals surface area contributed by atoms with Crippen LogP contribution in [0.4, 0.5) is 13.2 Å². The van der Waals surface area contributed by atoms with Gasteiger partial charge in [0.25, 0.3) is 0 Å². The second kappa shape index (κ2) is 13.7. The second-order valence-electron chi connectivity index (χ2n) is 7.83. The van der Waals surface area contributed by atoms with E-state index in [1.807, 2.05) is 25.9 Å². The number of nitrogens with zero attached hydrogens (tertiary/aromatic N) is 3. The Labute approximate surface area is 197 Å². The van der Waals surface area contributed by atoms with E-state index in [0.29, 0.717) is 18.8 Å². The number of carboxylic acid groups (broad SMARTS) is 1. The molecule has 0 aliphatic heterocycles. The highest BCUT2D eigenvalue weighted by atomic mass is 19.4. The Balaban J connectivity index is 2.79. The van der Waals surface area contributed by atoms with Crippen LogP contribution in [0, 0.1) is 0 Å². The maximum absolute atomic E-state index is 12.4. The molecule has 190 valence electrons. The molecule has 1 unspecified atom stereocenters. The molecule has 0 fully saturated rings. The molecule has 0 saturated heterocycles. The Morgan fingerprint density at radius 2 is 1.94 bits per heavy atom. The van der Waals surface area contributed by atoms with Gasteiger partial charge in [0.2, 0.25) is 5.91 Å². The van der Waals surface area contributed by atoms with E-state index in [1.165, 1.54) is 18.3 Å². The van der Waals surface area contributed by atoms with Crippen LogP contribution in [-0.2, 0) is 16.1 Å². The van der Waals surface area contributed by atoms with Crippen molar-refractivity contribution in [3.8, 4) is 0 Å². The Kier molecular flexibility index (Phi) is 11.7. The summed E-state index contributed by atoms with van der Waals surface area (Å²) in [4.78, 5) is 43.0. The lowest BCUT2D eigenvalue weighted by Gasteiger charge is -2.23. The van der Waals surface area contributed by atoms with Crippen molar-refractivity contribution in [3.63, 3.8) is 0 Å². The quantitative estimate of drug-likeness (QED) is 0.342. The van der Waals surface area contributed by atoms with Gasteiger partial charge in [-0.1, -0.05) is 6.08 Å². The lowest BCUT2D eigenvalue weighted by atomic mass is 9.92. The number of nitrogens with one attached hydrogen (secondary N) is 2. The molecule has 2 amide bonds.